The SMILES string of the molecule is C=CC1=CCC(C2(c3c(F)c(F)c(F)c(F)c3F)C3=C(C=CCC3)c3ccc(N(c4ccc(-c5ccccc5)cc4)C4C=CC5=C(C4)C(c4ccccc4)(C4C=CCCC4)c4cc(N(c6ccc(-c7ccccc7)cc6)c6ccc7c(c6)C(C6=CC=C(C=C)CC6)(c6c(F)c(F)c(F)c(F)c6F)c6ccccc6-7)ccc45)cc32)C=C1. The zero-order valence-corrected chi connectivity index (χ0v) is 62.5. The average molecular weight is 1530 g/mol. The number of hydrogen-bond donors (Lipinski definition) is 0. The van der Waals surface area contributed by atoms with Crippen LogP contribution in [0.2, 0.25) is 0 Å². The van der Waals surface area contributed by atoms with Gasteiger partial charge in [0.05, 0.1) is 16.9 Å². The highest BCUT2D eigenvalue weighted by Gasteiger charge is 2.57. The van der Waals surface area contributed by atoms with Crippen molar-refractivity contribution in [2.45, 2.75) is 80.1 Å². The predicted octanol–water partition coefficient (Wildman–Crippen LogP) is 27.7. The summed E-state index contributed by atoms with van der Waals surface area (Å²) in [6.45, 7) is 7.99. The Morgan fingerprint density at radius 1 is 0.383 bits per heavy atom. The average Bonchev–Trinajstić information content (AvgIpc) is 1.55. The molecule has 6 unspecified atom stereocenters. The Morgan fingerprint density at radius 2 is 0.913 bits per heavy atom. The number of rotatable bonds is 16. The molecule has 0 saturated carbocycles. The summed E-state index contributed by atoms with van der Waals surface area (Å²) in [7, 11) is 0. The molecule has 11 aromatic rings. The van der Waals surface area contributed by atoms with E-state index in [1.54, 1.807) is 48.6 Å². The number of benzene rings is 11. The summed E-state index contributed by atoms with van der Waals surface area (Å²) < 4.78 is 167. The molecule has 19 rings (SSSR count). The maximum Gasteiger partial charge on any atom is 0.200 e. The zero-order chi connectivity index (χ0) is 78.8. The van der Waals surface area contributed by atoms with Gasteiger partial charge in [-0.1, -0.05) is 255 Å². The quantitative estimate of drug-likeness (QED) is 0.0412. The molecule has 0 radical (unpaired) electrons. The van der Waals surface area contributed by atoms with Crippen molar-refractivity contribution in [3.8, 4) is 33.4 Å². The van der Waals surface area contributed by atoms with Crippen LogP contribution in [-0.2, 0) is 16.2 Å². The fourth-order valence-corrected chi connectivity index (χ4v) is 20.5. The lowest BCUT2D eigenvalue weighted by Crippen LogP contribution is -2.41. The summed E-state index contributed by atoms with van der Waals surface area (Å²) >= 11 is 0. The van der Waals surface area contributed by atoms with Crippen LogP contribution in [0.3, 0.4) is 0 Å². The van der Waals surface area contributed by atoms with Crippen molar-refractivity contribution in [1.29, 1.82) is 0 Å². The van der Waals surface area contributed by atoms with E-state index in [1.807, 2.05) is 158 Å². The minimum absolute atomic E-state index is 0.152. The highest BCUT2D eigenvalue weighted by atomic mass is 19.2. The molecule has 115 heavy (non-hydrogen) atoms. The summed E-state index contributed by atoms with van der Waals surface area (Å²) in [6, 6.07) is 71.6. The molecule has 0 aliphatic heterocycles. The van der Waals surface area contributed by atoms with Crippen molar-refractivity contribution in [2.24, 2.45) is 11.8 Å². The molecule has 0 amide bonds. The van der Waals surface area contributed by atoms with Gasteiger partial charge in [-0.15, -0.1) is 0 Å². The molecular weight excluding hydrogens is 1460 g/mol. The highest BCUT2D eigenvalue weighted by molar-refractivity contribution is 5.96. The predicted molar refractivity (Wildman–Crippen MR) is 440 cm³/mol. The van der Waals surface area contributed by atoms with Gasteiger partial charge in [-0.2, -0.15) is 0 Å². The van der Waals surface area contributed by atoms with Crippen LogP contribution in [0, 0.1) is 70.0 Å². The van der Waals surface area contributed by atoms with Crippen LogP contribution in [0.1, 0.15) is 108 Å². The third-order valence-electron chi connectivity index (χ3n) is 25.5. The summed E-state index contributed by atoms with van der Waals surface area (Å²) in [4.78, 5) is 4.35. The third kappa shape index (κ3) is 11.0. The molecule has 12 heteroatoms. The van der Waals surface area contributed by atoms with Crippen LogP contribution in [0.4, 0.5) is 72.3 Å². The maximum atomic E-state index is 17.6. The zero-order valence-electron chi connectivity index (χ0n) is 62.5. The number of fused-ring (bicyclic) bond motifs is 7. The van der Waals surface area contributed by atoms with Crippen molar-refractivity contribution >= 4 is 39.6 Å². The van der Waals surface area contributed by atoms with Gasteiger partial charge in [0.25, 0.3) is 0 Å². The topological polar surface area (TPSA) is 6.48 Å². The molecule has 0 aromatic heterocycles. The Morgan fingerprint density at radius 3 is 1.50 bits per heavy atom. The van der Waals surface area contributed by atoms with Crippen molar-refractivity contribution in [1.82, 2.24) is 0 Å². The van der Waals surface area contributed by atoms with E-state index in [0.29, 0.717) is 92.1 Å². The summed E-state index contributed by atoms with van der Waals surface area (Å²) in [5, 5.41) is 0. The van der Waals surface area contributed by atoms with Gasteiger partial charge in [0, 0.05) is 45.0 Å². The first kappa shape index (κ1) is 72.7. The first-order chi connectivity index (χ1) is 56.1. The van der Waals surface area contributed by atoms with E-state index in [1.165, 1.54) is 0 Å². The van der Waals surface area contributed by atoms with Crippen LogP contribution in [-0.4, -0.2) is 6.04 Å². The van der Waals surface area contributed by atoms with Crippen LogP contribution in [0.15, 0.2) is 338 Å². The fourth-order valence-electron chi connectivity index (χ4n) is 20.5. The minimum Gasteiger partial charge on any atom is -0.334 e. The second-order valence-corrected chi connectivity index (χ2v) is 31.0. The second-order valence-electron chi connectivity index (χ2n) is 31.0. The number of allylic oxidation sites excluding steroid dienone is 18. The molecule has 8 aliphatic carbocycles. The van der Waals surface area contributed by atoms with E-state index in [9.17, 15) is 0 Å². The largest absolute Gasteiger partial charge is 0.334 e. The molecular formula is C103H74F10N2. The normalized spacial score (nSPS) is 21.4. The number of halogens is 10. The monoisotopic (exact) mass is 1530 g/mol. The minimum atomic E-state index is -2.25. The number of nitrogens with zero attached hydrogens (tertiary/aromatic N) is 2. The van der Waals surface area contributed by atoms with E-state index in [4.69, 9.17) is 0 Å². The molecule has 0 spiro atoms. The molecule has 11 aromatic carbocycles. The Kier molecular flexibility index (Phi) is 18.0. The Bertz CT molecular complexity index is 6140. The first-order valence-corrected chi connectivity index (χ1v) is 39.2. The Labute approximate surface area is 661 Å². The Hall–Kier alpha value is -12.5. The lowest BCUT2D eigenvalue weighted by atomic mass is 9.59. The first-order valence-electron chi connectivity index (χ1n) is 39.2. The smallest absolute Gasteiger partial charge is 0.200 e. The van der Waals surface area contributed by atoms with Gasteiger partial charge >= 0.3 is 0 Å². The van der Waals surface area contributed by atoms with Gasteiger partial charge in [-0.25, -0.2) is 43.9 Å². The molecule has 8 aliphatic rings. The summed E-state index contributed by atoms with van der Waals surface area (Å²) in [6.07, 6.45) is 29.8. The Balaban J connectivity index is 0.818. The molecule has 0 bridgehead atoms. The van der Waals surface area contributed by atoms with Gasteiger partial charge in [0.1, 0.15) is 0 Å². The standard InChI is InChI=1S/C103H74F10N2/c1-3-61-33-41-69(42-34-61)102(89-91(104)95(108)99(112)96(109)92(89)105)83-31-19-17-29-77(83)79-53-49-75(59-87(79)102)114(71-45-37-65(38-46-71)63-21-9-5-10-22-63)73-51-55-81-82-56-52-74(58-86(82)101(85(81)57-73,67-25-13-7-14-26-67)68-27-15-8-16-28-68)115(72-47-39-66(40-48-72)64-23-11-6-12-24-64)76-50-54-80-78-30-18-20-32-84(78)103(88(80)60-76,70-43-35-62(4-2)36-44-70)90-93(106)97(110)100(113)98(111)94(90)107/h3-7,9-15,17-19,21-27,29-31,33,35-41,43,45-57,59-60,68,70,74H,1-2,8,16,20,28,32,34,42,44,58H2. The molecule has 0 heterocycles. The van der Waals surface area contributed by atoms with Gasteiger partial charge < -0.3 is 9.80 Å². The van der Waals surface area contributed by atoms with E-state index in [0.717, 1.165) is 86.2 Å². The van der Waals surface area contributed by atoms with E-state index in [2.05, 4.69) is 114 Å². The van der Waals surface area contributed by atoms with Crippen molar-refractivity contribution < 1.29 is 43.9 Å². The number of anilines is 5. The molecule has 0 saturated heterocycles. The van der Waals surface area contributed by atoms with E-state index in [-0.39, 0.29) is 25.2 Å². The van der Waals surface area contributed by atoms with Crippen molar-refractivity contribution in [3.05, 3.63) is 447 Å². The molecule has 6 atom stereocenters. The van der Waals surface area contributed by atoms with E-state index >= 15 is 43.9 Å². The summed E-state index contributed by atoms with van der Waals surface area (Å²) in [5.41, 5.74) is 11.7. The maximum absolute atomic E-state index is 17.6. The van der Waals surface area contributed by atoms with Crippen LogP contribution >= 0.6 is 0 Å². The van der Waals surface area contributed by atoms with Gasteiger partial charge in [-0.05, 0) is 236 Å². The van der Waals surface area contributed by atoms with Gasteiger partial charge in [0.15, 0.2) is 46.5 Å². The fraction of sp³-hybridized carbons (Fsp3) is 0.146. The van der Waals surface area contributed by atoms with E-state index < -0.39 is 97.5 Å². The van der Waals surface area contributed by atoms with Crippen LogP contribution in [0.5, 0.6) is 0 Å². The lowest BCUT2D eigenvalue weighted by Gasteiger charge is -2.45. The van der Waals surface area contributed by atoms with Gasteiger partial charge in [0.2, 0.25) is 11.6 Å². The number of hydrogen-bond acceptors (Lipinski definition) is 2. The second kappa shape index (κ2) is 28.5. The van der Waals surface area contributed by atoms with Crippen molar-refractivity contribution in [3.63, 3.8) is 0 Å². The summed E-state index contributed by atoms with van der Waals surface area (Å²) in [5.74, 6) is -21.2. The van der Waals surface area contributed by atoms with Crippen LogP contribution in [0.25, 0.3) is 44.5 Å². The molecule has 0 N–H and O–H groups in total. The van der Waals surface area contributed by atoms with Crippen molar-refractivity contribution in [2.75, 3.05) is 9.80 Å². The van der Waals surface area contributed by atoms with Gasteiger partial charge in [-0.3, -0.25) is 0 Å². The molecule has 2 nitrogen and oxygen atoms in total. The molecule has 566 valence electrons. The van der Waals surface area contributed by atoms with Crippen LogP contribution < -0.4 is 9.80 Å². The highest BCUT2D eigenvalue weighted by Crippen LogP contribution is 2.66. The third-order valence-corrected chi connectivity index (χ3v) is 25.5. The molecule has 0 fully saturated rings. The lowest BCUT2D eigenvalue weighted by molar-refractivity contribution is 0.334.